The van der Waals surface area contributed by atoms with Crippen LogP contribution < -0.4 is 10.0 Å². The molecule has 121 heavy (non-hydrogen) atoms. The van der Waals surface area contributed by atoms with E-state index in [9.17, 15) is 27.2 Å². The highest BCUT2D eigenvalue weighted by atomic mass is 32.2. The van der Waals surface area contributed by atoms with E-state index in [0.717, 1.165) is 172 Å². The van der Waals surface area contributed by atoms with Crippen molar-refractivity contribution in [2.75, 3.05) is 176 Å². The Morgan fingerprint density at radius 3 is 0.967 bits per heavy atom. The third-order valence-corrected chi connectivity index (χ3v) is 29.0. The molecule has 20 nitrogen and oxygen atoms in total. The lowest BCUT2D eigenvalue weighted by Crippen LogP contribution is -2.50. The molecule has 4 atom stereocenters. The lowest BCUT2D eigenvalue weighted by atomic mass is 9.95. The van der Waals surface area contributed by atoms with Gasteiger partial charge >= 0.3 is 0 Å². The Bertz CT molecular complexity index is 2790. The van der Waals surface area contributed by atoms with Crippen LogP contribution in [0, 0.1) is 11.8 Å². The number of hydrogen-bond donors (Lipinski definition) is 2. The van der Waals surface area contributed by atoms with Crippen molar-refractivity contribution in [2.24, 2.45) is 11.8 Å². The van der Waals surface area contributed by atoms with Gasteiger partial charge in [-0.05, 0) is 384 Å². The summed E-state index contributed by atoms with van der Waals surface area (Å²) in [4.78, 5) is 61.9. The summed E-state index contributed by atoms with van der Waals surface area (Å²) in [5.41, 5.74) is -0.897. The number of carbonyl (C=O) groups is 3. The molecule has 0 saturated carbocycles. The monoisotopic (exact) mass is 1750 g/mol. The van der Waals surface area contributed by atoms with Gasteiger partial charge < -0.3 is 54.2 Å². The first-order valence-corrected chi connectivity index (χ1v) is 53.7. The summed E-state index contributed by atoms with van der Waals surface area (Å²) in [6.45, 7) is 88.8. The van der Waals surface area contributed by atoms with E-state index in [1.54, 1.807) is 40.2 Å². The molecule has 0 aromatic heterocycles. The Balaban J connectivity index is 0.000000668. The Kier molecular flexibility index (Phi) is 61.1. The van der Waals surface area contributed by atoms with E-state index in [1.165, 1.54) is 155 Å². The zero-order chi connectivity index (χ0) is 91.9. The molecular formula is C98H204FN15O5S2. The second kappa shape index (κ2) is 63.1. The van der Waals surface area contributed by atoms with Crippen LogP contribution in [0.1, 0.15) is 329 Å². The van der Waals surface area contributed by atoms with Crippen LogP contribution in [0.25, 0.3) is 0 Å². The molecule has 11 heterocycles. The third kappa shape index (κ3) is 55.0. The van der Waals surface area contributed by atoms with E-state index in [-0.39, 0.29) is 11.8 Å². The van der Waals surface area contributed by atoms with Crippen LogP contribution in [0.2, 0.25) is 0 Å². The minimum atomic E-state index is -2.03. The molecule has 11 rings (SSSR count). The Morgan fingerprint density at radius 2 is 0.678 bits per heavy atom. The number of rotatable bonds is 17. The van der Waals surface area contributed by atoms with Crippen LogP contribution in [0.3, 0.4) is 0 Å². The first kappa shape index (κ1) is 117. The van der Waals surface area contributed by atoms with Gasteiger partial charge in [0.05, 0.1) is 0 Å². The zero-order valence-corrected chi connectivity index (χ0v) is 86.9. The van der Waals surface area contributed by atoms with Gasteiger partial charge in [0.25, 0.3) is 0 Å². The lowest BCUT2D eigenvalue weighted by Gasteiger charge is -2.37. The van der Waals surface area contributed by atoms with Crippen molar-refractivity contribution in [2.45, 2.75) is 419 Å². The first-order chi connectivity index (χ1) is 56.4. The van der Waals surface area contributed by atoms with Gasteiger partial charge in [-0.25, -0.2) is 13.4 Å². The molecule has 23 heteroatoms. The highest BCUT2D eigenvalue weighted by Crippen LogP contribution is 2.27. The standard InChI is InChI=1S/C10H22N2OS.C10H20N2O.C10H19NO.C9H18FN.C9H20N2OS.C9H18N2O.2C9H19N.2C8H17N.C7H15N/c1-9(2)12-7-5-10(6-8-12)11-14(3,4)13;1-8(2)12-6-4-10(5-7-12)11-9(3)13;1-8(2)11-5-4-10(7-11)6-9(3)12;1-8(2)11-6-4-9(3,10)5-7-11;1-9(2)10-5-7-11(8-6-10)13(3,4)12;1-8(2)10-4-6-11(7-5-10)9(3)12;1-8(2)10-6-4-9(3)5-7-10;1-8(2)10-7-5-4-6-9(10)3;2*1-8(2)9-6-4-3-5-7-9;1-7(2)8-5-3-4-6-8/h9-10H,3,5-8H2,1-2,4H3,(H,11,13);8,10H,4-7H2,1-3H3,(H,11,13);8,10H,4-7H2,1-3H3;8H,4-7H2,1-3H3;9H,3,5-8H2,1-2,4H3;8H,4-7H2,1-3H3;2*8-9H,4-7H2,1-3H3;2*8H,3-7H2,1-2H3;7H,3-6H2,1-2H3. The topological polar surface area (TPSA) is 152 Å². The van der Waals surface area contributed by atoms with Crippen LogP contribution in [-0.4, -0.2) is 367 Å². The van der Waals surface area contributed by atoms with E-state index in [4.69, 9.17) is 0 Å². The number of alkyl halides is 1. The molecule has 0 spiro atoms. The number of carbonyl (C=O) groups excluding carboxylic acids is 3. The summed E-state index contributed by atoms with van der Waals surface area (Å²) in [6, 6.07) is 9.13. The van der Waals surface area contributed by atoms with E-state index in [1.807, 2.05) is 9.21 Å². The predicted octanol–water partition coefficient (Wildman–Crippen LogP) is 16.1. The van der Waals surface area contributed by atoms with Crippen molar-refractivity contribution in [3.8, 4) is 0 Å². The van der Waals surface area contributed by atoms with Gasteiger partial charge in [-0.2, -0.15) is 0 Å². The maximum Gasteiger partial charge on any atom is 0.219 e. The summed E-state index contributed by atoms with van der Waals surface area (Å²) in [7, 11) is -4.00. The van der Waals surface area contributed by atoms with Crippen molar-refractivity contribution in [3.63, 3.8) is 0 Å². The lowest BCUT2D eigenvalue weighted by molar-refractivity contribution is -0.130. The molecule has 2 N–H and O–H groups in total. The fourth-order valence-corrected chi connectivity index (χ4v) is 19.7. The molecule has 720 valence electrons. The first-order valence-electron chi connectivity index (χ1n) is 49.5. The van der Waals surface area contributed by atoms with Crippen LogP contribution >= 0.6 is 0 Å². The van der Waals surface area contributed by atoms with Crippen molar-refractivity contribution < 1.29 is 27.2 Å². The number of ketones is 1. The minimum Gasteiger partial charge on any atom is -0.354 e. The highest BCUT2D eigenvalue weighted by Gasteiger charge is 2.32. The zero-order valence-electron chi connectivity index (χ0n) is 85.2. The number of halogens is 1. The second-order valence-corrected chi connectivity index (χ2v) is 45.9. The highest BCUT2D eigenvalue weighted by molar-refractivity contribution is 7.98. The molecule has 11 saturated heterocycles. The number of piperazine rings is 2. The molecule has 0 radical (unpaired) electrons. The molecule has 0 aromatic rings. The molecule has 4 unspecified atom stereocenters. The van der Waals surface area contributed by atoms with Gasteiger partial charge in [0, 0.05) is 222 Å². The number of nitrogens with zero attached hydrogens (tertiary/aromatic N) is 13. The average Bonchev–Trinajstić information content (AvgIpc) is 1.37. The van der Waals surface area contributed by atoms with Crippen molar-refractivity contribution >= 4 is 48.8 Å². The van der Waals surface area contributed by atoms with Crippen LogP contribution in [0.5, 0.6) is 0 Å². The predicted molar refractivity (Wildman–Crippen MR) is 529 cm³/mol. The maximum atomic E-state index is 13.3. The molecule has 0 aromatic carbocycles. The Labute approximate surface area is 751 Å². The van der Waals surface area contributed by atoms with Gasteiger partial charge in [-0.3, -0.25) is 32.7 Å². The smallest absolute Gasteiger partial charge is 0.219 e. The SMILES string of the molecule is C=S(C)(=O)N1CCN(C(C)C)CC1.C=S(C)(=O)NC1CCN(C(C)C)CC1.CC(=O)CC1CCN(C(C)C)C1.CC(=O)N1CCN(C(C)C)CC1.CC(=O)NC1CCN(C(C)C)CC1.CC(C)N1CCC(C)(F)CC1.CC(C)N1CCCC1.CC(C)N1CCCCC1.CC(C)N1CCCCC1.CC(C)N1CCCCC1C.CC1CCN(C(C)C)CC1. The second-order valence-electron chi connectivity index (χ2n) is 41.2. The molecule has 11 aliphatic rings. The van der Waals surface area contributed by atoms with Crippen LogP contribution in [0.4, 0.5) is 4.39 Å². The maximum absolute atomic E-state index is 13.3. The average molecular weight is 1760 g/mol. The largest absolute Gasteiger partial charge is 0.354 e. The third-order valence-electron chi connectivity index (χ3n) is 26.8. The normalized spacial score (nSPS) is 24.1. The fraction of sp³-hybridized carbons (Fsp3) is 0.949. The fourth-order valence-electron chi connectivity index (χ4n) is 17.9. The Morgan fingerprint density at radius 1 is 0.372 bits per heavy atom. The number of nitrogens with one attached hydrogen (secondary N) is 2. The summed E-state index contributed by atoms with van der Waals surface area (Å²) in [5.74, 6) is 9.56. The Hall–Kier alpha value is -1.94. The van der Waals surface area contributed by atoms with Gasteiger partial charge in [0.15, 0.2) is 0 Å². The minimum absolute atomic E-state index is 0.1000. The molecular weight excluding hydrogens is 1550 g/mol. The van der Waals surface area contributed by atoms with Gasteiger partial charge in [-0.1, -0.05) is 26.2 Å². The molecule has 0 aliphatic carbocycles. The molecule has 11 fully saturated rings. The summed E-state index contributed by atoms with van der Waals surface area (Å²) >= 11 is 0. The van der Waals surface area contributed by atoms with Gasteiger partial charge in [0.1, 0.15) is 11.5 Å². The van der Waals surface area contributed by atoms with Crippen LogP contribution in [0.15, 0.2) is 0 Å². The number of likely N-dealkylation sites (tertiary alicyclic amines) is 9. The van der Waals surface area contributed by atoms with E-state index in [2.05, 4.69) is 242 Å². The number of hydrogen-bond acceptors (Lipinski definition) is 16. The van der Waals surface area contributed by atoms with E-state index >= 15 is 0 Å². The molecule has 0 bridgehead atoms. The van der Waals surface area contributed by atoms with Crippen molar-refractivity contribution in [1.29, 1.82) is 0 Å². The number of amides is 2. The molecule has 11 aliphatic heterocycles. The summed E-state index contributed by atoms with van der Waals surface area (Å²) in [6.07, 6.45) is 29.6. The van der Waals surface area contributed by atoms with Crippen molar-refractivity contribution in [1.82, 2.24) is 73.1 Å². The van der Waals surface area contributed by atoms with Gasteiger partial charge in [0.2, 0.25) is 11.8 Å². The molecule has 2 amide bonds. The quantitative estimate of drug-likeness (QED) is 0.133. The summed E-state index contributed by atoms with van der Waals surface area (Å²) < 4.78 is 41.4. The van der Waals surface area contributed by atoms with Crippen molar-refractivity contribution in [3.05, 3.63) is 0 Å². The van der Waals surface area contributed by atoms with E-state index in [0.29, 0.717) is 72.9 Å². The number of Topliss-reactive ketones (excluding diaryl/α,β-unsaturated/α-hetero) is 1. The summed E-state index contributed by atoms with van der Waals surface area (Å²) in [5, 5.41) is 2.98. The van der Waals surface area contributed by atoms with Gasteiger partial charge in [-0.15, -0.1) is 0 Å². The number of piperidine rings is 7. The van der Waals surface area contributed by atoms with E-state index < -0.39 is 25.1 Å². The van der Waals surface area contributed by atoms with Crippen LogP contribution in [-0.2, 0) is 33.8 Å².